The van der Waals surface area contributed by atoms with Crippen molar-refractivity contribution in [2.75, 3.05) is 6.61 Å². The summed E-state index contributed by atoms with van der Waals surface area (Å²) in [6.45, 7) is 1.95. The molecule has 0 aliphatic rings. The van der Waals surface area contributed by atoms with E-state index in [4.69, 9.17) is 9.84 Å². The quantitative estimate of drug-likeness (QED) is 0.763. The van der Waals surface area contributed by atoms with Crippen LogP contribution in [0.2, 0.25) is 0 Å². The van der Waals surface area contributed by atoms with E-state index in [1.54, 1.807) is 31.2 Å². The number of rotatable bonds is 4. The van der Waals surface area contributed by atoms with Crippen molar-refractivity contribution in [2.24, 2.45) is 0 Å². The van der Waals surface area contributed by atoms with Crippen molar-refractivity contribution < 1.29 is 13.6 Å². The van der Waals surface area contributed by atoms with E-state index in [1.807, 2.05) is 0 Å². The molecule has 0 spiro atoms. The minimum absolute atomic E-state index is 0.282. The van der Waals surface area contributed by atoms with Crippen molar-refractivity contribution in [3.8, 4) is 5.75 Å². The first kappa shape index (κ1) is 10.4. The summed E-state index contributed by atoms with van der Waals surface area (Å²) in [5.74, 6) is 0.694. The Balaban J connectivity index is 2.54. The normalized spacial score (nSPS) is 12.8. The Morgan fingerprint density at radius 3 is 2.54 bits per heavy atom. The van der Waals surface area contributed by atoms with Crippen LogP contribution >= 0.6 is 0 Å². The number of ether oxygens (including phenoxy) is 1. The average Bonchev–Trinajstić information content (AvgIpc) is 2.15. The molecule has 0 radical (unpaired) electrons. The Morgan fingerprint density at radius 2 is 2.08 bits per heavy atom. The first-order valence-corrected chi connectivity index (χ1v) is 5.67. The van der Waals surface area contributed by atoms with Gasteiger partial charge in [0.2, 0.25) is 0 Å². The van der Waals surface area contributed by atoms with E-state index >= 15 is 0 Å². The summed E-state index contributed by atoms with van der Waals surface area (Å²) in [4.78, 5) is 0. The summed E-state index contributed by atoms with van der Waals surface area (Å²) in [6, 6.07) is 7.05. The topological polar surface area (TPSA) is 46.5 Å². The second-order valence-electron chi connectivity index (χ2n) is 2.75. The van der Waals surface area contributed by atoms with Crippen molar-refractivity contribution in [3.05, 3.63) is 24.3 Å². The fraction of sp³-hybridized carbons (Fsp3) is 0.333. The van der Waals surface area contributed by atoms with E-state index in [2.05, 4.69) is 0 Å². The Kier molecular flexibility index (Phi) is 4.13. The molecule has 1 rings (SSSR count). The monoisotopic (exact) mass is 242 g/mol. The predicted molar refractivity (Wildman–Crippen MR) is 49.7 cm³/mol. The zero-order valence-electron chi connectivity index (χ0n) is 7.30. The molecule has 0 aliphatic heterocycles. The van der Waals surface area contributed by atoms with Crippen LogP contribution in [-0.4, -0.2) is 33.5 Å². The Bertz CT molecular complexity index is 269. The molecular weight excluding hydrogens is 231 g/mol. The van der Waals surface area contributed by atoms with Crippen LogP contribution in [0, 0.1) is 0 Å². The molecule has 70 valence electrons. The molecule has 1 N–H and O–H groups in total. The SMILES string of the molecule is CC(O)COc1ccc([As]=O)cc1. The maximum atomic E-state index is 10.5. The van der Waals surface area contributed by atoms with Gasteiger partial charge in [-0.15, -0.1) is 0 Å². The van der Waals surface area contributed by atoms with Gasteiger partial charge in [-0.05, 0) is 0 Å². The molecule has 1 unspecified atom stereocenters. The standard InChI is InChI=1S/C9H11AsO3/c1-7(11)6-13-9-4-2-8(10-12)3-5-9/h2-5,7,11H,6H2,1H3. The van der Waals surface area contributed by atoms with Crippen molar-refractivity contribution in [1.29, 1.82) is 0 Å². The van der Waals surface area contributed by atoms with Crippen LogP contribution in [0.25, 0.3) is 0 Å². The van der Waals surface area contributed by atoms with Gasteiger partial charge in [0, 0.05) is 0 Å². The molecular formula is C9H11AsO3. The van der Waals surface area contributed by atoms with Gasteiger partial charge in [-0.25, -0.2) is 0 Å². The van der Waals surface area contributed by atoms with Crippen LogP contribution < -0.4 is 9.09 Å². The summed E-state index contributed by atoms with van der Waals surface area (Å²) in [7, 11) is 0. The van der Waals surface area contributed by atoms with Gasteiger partial charge in [-0.2, -0.15) is 0 Å². The maximum absolute atomic E-state index is 10.5. The Hall–Kier alpha value is -0.662. The van der Waals surface area contributed by atoms with Crippen LogP contribution in [0.4, 0.5) is 0 Å². The van der Waals surface area contributed by atoms with Gasteiger partial charge in [0.25, 0.3) is 0 Å². The van der Waals surface area contributed by atoms with E-state index in [1.165, 1.54) is 0 Å². The summed E-state index contributed by atoms with van der Waals surface area (Å²) < 4.78 is 16.6. The number of aliphatic hydroxyl groups is 1. The zero-order chi connectivity index (χ0) is 9.68. The molecule has 0 bridgehead atoms. The van der Waals surface area contributed by atoms with Crippen LogP contribution in [0.3, 0.4) is 0 Å². The van der Waals surface area contributed by atoms with Crippen LogP contribution in [0.15, 0.2) is 24.3 Å². The van der Waals surface area contributed by atoms with E-state index in [-0.39, 0.29) is 6.61 Å². The molecule has 0 saturated carbocycles. The van der Waals surface area contributed by atoms with Crippen molar-refractivity contribution in [2.45, 2.75) is 13.0 Å². The third-order valence-electron chi connectivity index (χ3n) is 1.43. The number of aliphatic hydroxyl groups excluding tert-OH is 1. The van der Waals surface area contributed by atoms with Crippen molar-refractivity contribution >= 4 is 20.0 Å². The van der Waals surface area contributed by atoms with Crippen molar-refractivity contribution in [1.82, 2.24) is 0 Å². The molecule has 0 heterocycles. The molecule has 0 fully saturated rings. The molecule has 1 atom stereocenters. The second kappa shape index (κ2) is 5.15. The third-order valence-corrected chi connectivity index (χ3v) is 2.50. The Labute approximate surface area is 83.6 Å². The summed E-state index contributed by atoms with van der Waals surface area (Å²) in [5, 5.41) is 8.94. The van der Waals surface area contributed by atoms with Gasteiger partial charge in [0.05, 0.1) is 0 Å². The molecule has 0 saturated heterocycles. The number of hydrogen-bond acceptors (Lipinski definition) is 3. The van der Waals surface area contributed by atoms with Gasteiger partial charge in [-0.3, -0.25) is 0 Å². The van der Waals surface area contributed by atoms with Gasteiger partial charge in [-0.1, -0.05) is 0 Å². The van der Waals surface area contributed by atoms with Gasteiger partial charge >= 0.3 is 83.3 Å². The molecule has 3 nitrogen and oxygen atoms in total. The van der Waals surface area contributed by atoms with Gasteiger partial charge in [0.1, 0.15) is 0 Å². The molecule has 4 heteroatoms. The fourth-order valence-corrected chi connectivity index (χ4v) is 1.39. The average molecular weight is 242 g/mol. The molecule has 13 heavy (non-hydrogen) atoms. The van der Waals surface area contributed by atoms with E-state index in [0.29, 0.717) is 5.75 Å². The zero-order valence-corrected chi connectivity index (χ0v) is 9.18. The number of benzene rings is 1. The Morgan fingerprint density at radius 1 is 1.46 bits per heavy atom. The number of hydrogen-bond donors (Lipinski definition) is 1. The van der Waals surface area contributed by atoms with E-state index in [9.17, 15) is 3.74 Å². The van der Waals surface area contributed by atoms with Crippen molar-refractivity contribution in [3.63, 3.8) is 0 Å². The molecule has 1 aromatic rings. The third kappa shape index (κ3) is 3.70. The summed E-state index contributed by atoms with van der Waals surface area (Å²) in [5.41, 5.74) is 0. The van der Waals surface area contributed by atoms with Gasteiger partial charge < -0.3 is 0 Å². The first-order chi connectivity index (χ1) is 6.22. The molecule has 0 aliphatic carbocycles. The first-order valence-electron chi connectivity index (χ1n) is 3.96. The second-order valence-corrected chi connectivity index (χ2v) is 4.21. The fourth-order valence-electron chi connectivity index (χ4n) is 0.820. The molecule has 0 amide bonds. The summed E-state index contributed by atoms with van der Waals surface area (Å²) in [6.07, 6.45) is -0.467. The van der Waals surface area contributed by atoms with Gasteiger partial charge in [0.15, 0.2) is 0 Å². The summed E-state index contributed by atoms with van der Waals surface area (Å²) >= 11 is -0.953. The van der Waals surface area contributed by atoms with Crippen LogP contribution in [0.1, 0.15) is 6.92 Å². The minimum atomic E-state index is -0.953. The van der Waals surface area contributed by atoms with Crippen LogP contribution in [0.5, 0.6) is 5.75 Å². The van der Waals surface area contributed by atoms with E-state index < -0.39 is 21.8 Å². The van der Waals surface area contributed by atoms with E-state index in [0.717, 1.165) is 4.35 Å². The molecule has 0 aromatic heterocycles. The molecule has 1 aromatic carbocycles. The van der Waals surface area contributed by atoms with Crippen LogP contribution in [-0.2, 0) is 3.74 Å². The predicted octanol–water partition coefficient (Wildman–Crippen LogP) is 0.121.